The fraction of sp³-hybridized carbons (Fsp3) is 0.667. The maximum absolute atomic E-state index is 11.8. The number of carbonyl (C=O) groups excluding carboxylic acids is 1. The van der Waals surface area contributed by atoms with Crippen LogP contribution in [0.4, 0.5) is 4.79 Å². The van der Waals surface area contributed by atoms with Crippen LogP contribution in [0.5, 0.6) is 0 Å². The van der Waals surface area contributed by atoms with Gasteiger partial charge >= 0.3 is 12.0 Å². The summed E-state index contributed by atoms with van der Waals surface area (Å²) in [5.41, 5.74) is 0. The first kappa shape index (κ1) is 13.4. The maximum atomic E-state index is 11.8. The van der Waals surface area contributed by atoms with E-state index in [2.05, 4.69) is 25.1 Å². The molecule has 0 aromatic heterocycles. The number of hydrogen-bond donors (Lipinski definition) is 2. The van der Waals surface area contributed by atoms with Crippen molar-refractivity contribution in [2.45, 2.75) is 26.3 Å². The number of carbonyl (C=O) groups is 2. The molecule has 5 nitrogen and oxygen atoms in total. The molecular weight excluding hydrogens is 220 g/mol. The molecule has 0 spiro atoms. The minimum absolute atomic E-state index is 0.0000203. The SMILES string of the molecule is C#CCC(NC(=O)N1CC(C)C(C)C1)C(=O)O. The molecule has 1 heterocycles. The number of aliphatic carboxylic acids is 1. The van der Waals surface area contributed by atoms with Gasteiger partial charge in [0, 0.05) is 19.5 Å². The van der Waals surface area contributed by atoms with Crippen LogP contribution in [-0.2, 0) is 4.79 Å². The second-order valence-corrected chi connectivity index (χ2v) is 4.61. The third-order valence-corrected chi connectivity index (χ3v) is 3.19. The predicted molar refractivity (Wildman–Crippen MR) is 63.3 cm³/mol. The Hall–Kier alpha value is -1.70. The summed E-state index contributed by atoms with van der Waals surface area (Å²) in [4.78, 5) is 24.3. The Balaban J connectivity index is 2.54. The van der Waals surface area contributed by atoms with Gasteiger partial charge in [-0.15, -0.1) is 12.3 Å². The lowest BCUT2D eigenvalue weighted by Gasteiger charge is -2.19. The Bertz CT molecular complexity index is 338. The smallest absolute Gasteiger partial charge is 0.327 e. The Kier molecular flexibility index (Phi) is 4.38. The second kappa shape index (κ2) is 5.58. The van der Waals surface area contributed by atoms with Crippen LogP contribution in [0.3, 0.4) is 0 Å². The zero-order valence-electron chi connectivity index (χ0n) is 10.1. The molecule has 3 atom stereocenters. The van der Waals surface area contributed by atoms with Gasteiger partial charge in [0.1, 0.15) is 6.04 Å². The van der Waals surface area contributed by atoms with E-state index in [0.29, 0.717) is 24.9 Å². The lowest BCUT2D eigenvalue weighted by atomic mass is 10.0. The van der Waals surface area contributed by atoms with E-state index in [0.717, 1.165) is 0 Å². The summed E-state index contributed by atoms with van der Waals surface area (Å²) in [6.07, 6.45) is 5.06. The zero-order chi connectivity index (χ0) is 13.0. The van der Waals surface area contributed by atoms with Gasteiger partial charge in [-0.1, -0.05) is 13.8 Å². The molecule has 0 bridgehead atoms. The van der Waals surface area contributed by atoms with Crippen molar-refractivity contribution in [3.63, 3.8) is 0 Å². The van der Waals surface area contributed by atoms with Crippen LogP contribution in [-0.4, -0.2) is 41.1 Å². The van der Waals surface area contributed by atoms with E-state index in [1.165, 1.54) is 0 Å². The lowest BCUT2D eigenvalue weighted by Crippen LogP contribution is -2.47. The first-order chi connectivity index (χ1) is 7.95. The monoisotopic (exact) mass is 238 g/mol. The van der Waals surface area contributed by atoms with Gasteiger partial charge in [-0.05, 0) is 11.8 Å². The standard InChI is InChI=1S/C12H18N2O3/c1-4-5-10(11(15)16)13-12(17)14-6-8(2)9(3)7-14/h1,8-10H,5-7H2,2-3H3,(H,13,17)(H,15,16). The number of likely N-dealkylation sites (tertiary alicyclic amines) is 1. The number of rotatable bonds is 3. The average Bonchev–Trinajstić information content (AvgIpc) is 2.58. The first-order valence-electron chi connectivity index (χ1n) is 5.67. The van der Waals surface area contributed by atoms with Crippen LogP contribution in [0.15, 0.2) is 0 Å². The molecule has 1 aliphatic rings. The molecule has 1 fully saturated rings. The van der Waals surface area contributed by atoms with Gasteiger partial charge in [-0.25, -0.2) is 9.59 Å². The first-order valence-corrected chi connectivity index (χ1v) is 5.67. The molecule has 0 aromatic carbocycles. The zero-order valence-corrected chi connectivity index (χ0v) is 10.1. The Morgan fingerprint density at radius 1 is 1.47 bits per heavy atom. The van der Waals surface area contributed by atoms with E-state index < -0.39 is 12.0 Å². The van der Waals surface area contributed by atoms with E-state index in [4.69, 9.17) is 11.5 Å². The van der Waals surface area contributed by atoms with Crippen LogP contribution < -0.4 is 5.32 Å². The van der Waals surface area contributed by atoms with Crippen molar-refractivity contribution in [3.05, 3.63) is 0 Å². The molecule has 0 aliphatic carbocycles. The van der Waals surface area contributed by atoms with Gasteiger partial charge in [0.05, 0.1) is 0 Å². The van der Waals surface area contributed by atoms with Gasteiger partial charge in [-0.2, -0.15) is 0 Å². The van der Waals surface area contributed by atoms with E-state index in [-0.39, 0.29) is 12.5 Å². The fourth-order valence-electron chi connectivity index (χ4n) is 1.85. The number of nitrogens with zero attached hydrogens (tertiary/aromatic N) is 1. The number of terminal acetylenes is 1. The molecule has 1 rings (SSSR count). The summed E-state index contributed by atoms with van der Waals surface area (Å²) in [6.45, 7) is 5.48. The van der Waals surface area contributed by atoms with Gasteiger partial charge < -0.3 is 15.3 Å². The highest BCUT2D eigenvalue weighted by Gasteiger charge is 2.31. The summed E-state index contributed by atoms with van der Waals surface area (Å²) < 4.78 is 0. The van der Waals surface area contributed by atoms with Gasteiger partial charge in [0.25, 0.3) is 0 Å². The summed E-state index contributed by atoms with van der Waals surface area (Å²) in [6, 6.07) is -1.34. The van der Waals surface area contributed by atoms with E-state index in [9.17, 15) is 9.59 Å². The number of carboxylic acids is 1. The molecule has 5 heteroatoms. The highest BCUT2D eigenvalue weighted by molar-refractivity contribution is 5.83. The molecular formula is C12H18N2O3. The molecule has 94 valence electrons. The molecule has 2 amide bonds. The van der Waals surface area contributed by atoms with Crippen molar-refractivity contribution in [1.82, 2.24) is 10.2 Å². The Morgan fingerprint density at radius 2 is 2.00 bits per heavy atom. The molecule has 3 unspecified atom stereocenters. The minimum Gasteiger partial charge on any atom is -0.480 e. The summed E-state index contributed by atoms with van der Waals surface area (Å²) in [5.74, 6) is 2.03. The van der Waals surface area contributed by atoms with Crippen LogP contribution in [0.25, 0.3) is 0 Å². The predicted octanol–water partition coefficient (Wildman–Crippen LogP) is 0.760. The molecule has 17 heavy (non-hydrogen) atoms. The van der Waals surface area contributed by atoms with E-state index >= 15 is 0 Å². The van der Waals surface area contributed by atoms with Crippen molar-refractivity contribution in [2.24, 2.45) is 11.8 Å². The maximum Gasteiger partial charge on any atom is 0.327 e. The normalized spacial score (nSPS) is 25.1. The van der Waals surface area contributed by atoms with Crippen molar-refractivity contribution >= 4 is 12.0 Å². The number of hydrogen-bond acceptors (Lipinski definition) is 2. The minimum atomic E-state index is -1.10. The van der Waals surface area contributed by atoms with Crippen LogP contribution in [0.2, 0.25) is 0 Å². The van der Waals surface area contributed by atoms with Gasteiger partial charge in [0.2, 0.25) is 0 Å². The molecule has 1 saturated heterocycles. The van der Waals surface area contributed by atoms with Crippen molar-refractivity contribution in [1.29, 1.82) is 0 Å². The van der Waals surface area contributed by atoms with E-state index in [1.807, 2.05) is 0 Å². The average molecular weight is 238 g/mol. The highest BCUT2D eigenvalue weighted by atomic mass is 16.4. The Labute approximate surface area is 101 Å². The summed E-state index contributed by atoms with van der Waals surface area (Å²) in [7, 11) is 0. The highest BCUT2D eigenvalue weighted by Crippen LogP contribution is 2.21. The van der Waals surface area contributed by atoms with Crippen molar-refractivity contribution in [3.8, 4) is 12.3 Å². The number of urea groups is 1. The van der Waals surface area contributed by atoms with Crippen molar-refractivity contribution < 1.29 is 14.7 Å². The second-order valence-electron chi connectivity index (χ2n) is 4.61. The number of nitrogens with one attached hydrogen (secondary N) is 1. The molecule has 0 saturated carbocycles. The third kappa shape index (κ3) is 3.38. The van der Waals surface area contributed by atoms with Crippen molar-refractivity contribution in [2.75, 3.05) is 13.1 Å². The molecule has 2 N–H and O–H groups in total. The Morgan fingerprint density at radius 3 is 2.41 bits per heavy atom. The third-order valence-electron chi connectivity index (χ3n) is 3.19. The summed E-state index contributed by atoms with van der Waals surface area (Å²) >= 11 is 0. The van der Waals surface area contributed by atoms with E-state index in [1.54, 1.807) is 4.90 Å². The number of amides is 2. The quantitative estimate of drug-likeness (QED) is 0.713. The molecule has 0 aromatic rings. The summed E-state index contributed by atoms with van der Waals surface area (Å²) in [5, 5.41) is 11.3. The van der Waals surface area contributed by atoms with Crippen LogP contribution in [0, 0.1) is 24.2 Å². The number of carboxylic acid groups (broad SMARTS) is 1. The molecule has 1 aliphatic heterocycles. The lowest BCUT2D eigenvalue weighted by molar-refractivity contribution is -0.139. The fourth-order valence-corrected chi connectivity index (χ4v) is 1.85. The van der Waals surface area contributed by atoms with Crippen LogP contribution in [0.1, 0.15) is 20.3 Å². The van der Waals surface area contributed by atoms with Gasteiger partial charge in [-0.3, -0.25) is 0 Å². The topological polar surface area (TPSA) is 69.6 Å². The largest absolute Gasteiger partial charge is 0.480 e. The van der Waals surface area contributed by atoms with Crippen LogP contribution >= 0.6 is 0 Å². The van der Waals surface area contributed by atoms with Gasteiger partial charge in [0.15, 0.2) is 0 Å². The molecule has 0 radical (unpaired) electrons.